The molecule has 1 saturated carbocycles. The third-order valence-corrected chi connectivity index (χ3v) is 3.92. The van der Waals surface area contributed by atoms with Gasteiger partial charge in [-0.2, -0.15) is 0 Å². The van der Waals surface area contributed by atoms with Gasteiger partial charge in [-0.25, -0.2) is 0 Å². The zero-order chi connectivity index (χ0) is 14.8. The topological polar surface area (TPSA) is 75.6 Å². The Bertz CT molecular complexity index is 535. The largest absolute Gasteiger partial charge is 0.496 e. The highest BCUT2D eigenvalue weighted by Crippen LogP contribution is 2.33. The van der Waals surface area contributed by atoms with Crippen molar-refractivity contribution in [2.75, 3.05) is 7.11 Å². The van der Waals surface area contributed by atoms with Crippen molar-refractivity contribution in [3.05, 3.63) is 29.3 Å². The van der Waals surface area contributed by atoms with Gasteiger partial charge in [0.2, 0.25) is 0 Å². The lowest BCUT2D eigenvalue weighted by atomic mass is 9.76. The first-order valence-electron chi connectivity index (χ1n) is 6.65. The van der Waals surface area contributed by atoms with Crippen LogP contribution in [0.15, 0.2) is 18.2 Å². The van der Waals surface area contributed by atoms with Crippen molar-refractivity contribution < 1.29 is 19.4 Å². The van der Waals surface area contributed by atoms with Gasteiger partial charge in [0.1, 0.15) is 11.3 Å². The highest BCUT2D eigenvalue weighted by Gasteiger charge is 2.43. The summed E-state index contributed by atoms with van der Waals surface area (Å²) in [4.78, 5) is 22.7. The minimum absolute atomic E-state index is 0.0227. The second-order valence-corrected chi connectivity index (χ2v) is 5.18. The van der Waals surface area contributed by atoms with Crippen LogP contribution in [-0.4, -0.2) is 29.5 Å². The van der Waals surface area contributed by atoms with Crippen molar-refractivity contribution in [2.24, 2.45) is 0 Å². The van der Waals surface area contributed by atoms with Gasteiger partial charge < -0.3 is 9.84 Å². The molecule has 1 aromatic carbocycles. The first-order valence-corrected chi connectivity index (χ1v) is 6.65. The fourth-order valence-corrected chi connectivity index (χ4v) is 2.40. The highest BCUT2D eigenvalue weighted by atomic mass is 16.5. The van der Waals surface area contributed by atoms with Crippen LogP contribution >= 0.6 is 0 Å². The van der Waals surface area contributed by atoms with Crippen molar-refractivity contribution in [1.82, 2.24) is 5.32 Å². The third-order valence-electron chi connectivity index (χ3n) is 3.92. The Morgan fingerprint density at radius 1 is 1.40 bits per heavy atom. The number of methoxy groups -OCH3 is 1. The molecule has 0 amide bonds. The molecule has 5 heteroatoms. The average molecular weight is 277 g/mol. The number of carbonyl (C=O) groups is 2. The SMILES string of the molecule is COc1ccc(C(C)=O)cc1CNC1(C(=O)O)CCC1. The van der Waals surface area contributed by atoms with Gasteiger partial charge in [-0.1, -0.05) is 0 Å². The number of aliphatic carboxylic acids is 1. The number of ether oxygens (including phenoxy) is 1. The van der Waals surface area contributed by atoms with Gasteiger partial charge in [0.15, 0.2) is 5.78 Å². The van der Waals surface area contributed by atoms with Crippen molar-refractivity contribution in [1.29, 1.82) is 0 Å². The summed E-state index contributed by atoms with van der Waals surface area (Å²) < 4.78 is 5.26. The van der Waals surface area contributed by atoms with Gasteiger partial charge in [-0.05, 0) is 44.4 Å². The quantitative estimate of drug-likeness (QED) is 0.778. The lowest BCUT2D eigenvalue weighted by Gasteiger charge is -2.38. The van der Waals surface area contributed by atoms with E-state index in [9.17, 15) is 14.7 Å². The smallest absolute Gasteiger partial charge is 0.323 e. The third kappa shape index (κ3) is 2.67. The van der Waals surface area contributed by atoms with E-state index in [1.54, 1.807) is 25.3 Å². The van der Waals surface area contributed by atoms with Crippen molar-refractivity contribution in [3.8, 4) is 5.75 Å². The molecule has 0 saturated heterocycles. The molecule has 0 unspecified atom stereocenters. The number of Topliss-reactive ketones (excluding diaryl/α,β-unsaturated/α-hetero) is 1. The fraction of sp³-hybridized carbons (Fsp3) is 0.467. The van der Waals surface area contributed by atoms with Crippen LogP contribution in [0.25, 0.3) is 0 Å². The maximum atomic E-state index is 11.4. The van der Waals surface area contributed by atoms with Crippen molar-refractivity contribution >= 4 is 11.8 Å². The van der Waals surface area contributed by atoms with E-state index in [0.29, 0.717) is 30.7 Å². The molecule has 1 aliphatic carbocycles. The molecule has 20 heavy (non-hydrogen) atoms. The van der Waals surface area contributed by atoms with Crippen LogP contribution < -0.4 is 10.1 Å². The number of ketones is 1. The minimum atomic E-state index is -0.822. The molecule has 0 aromatic heterocycles. The summed E-state index contributed by atoms with van der Waals surface area (Å²) in [7, 11) is 1.56. The van der Waals surface area contributed by atoms with Crippen LogP contribution in [0.3, 0.4) is 0 Å². The van der Waals surface area contributed by atoms with Crippen LogP contribution in [0.4, 0.5) is 0 Å². The van der Waals surface area contributed by atoms with Gasteiger partial charge in [0.25, 0.3) is 0 Å². The van der Waals surface area contributed by atoms with E-state index in [1.807, 2.05) is 0 Å². The highest BCUT2D eigenvalue weighted by molar-refractivity contribution is 5.94. The second kappa shape index (κ2) is 5.63. The van der Waals surface area contributed by atoms with E-state index in [2.05, 4.69) is 5.32 Å². The van der Waals surface area contributed by atoms with E-state index < -0.39 is 11.5 Å². The molecular weight excluding hydrogens is 258 g/mol. The maximum absolute atomic E-state index is 11.4. The van der Waals surface area contributed by atoms with Crippen LogP contribution in [0.2, 0.25) is 0 Å². The van der Waals surface area contributed by atoms with Crippen LogP contribution in [0.5, 0.6) is 5.75 Å². The number of hydrogen-bond acceptors (Lipinski definition) is 4. The molecule has 0 spiro atoms. The van der Waals surface area contributed by atoms with E-state index >= 15 is 0 Å². The molecule has 1 aromatic rings. The van der Waals surface area contributed by atoms with Crippen molar-refractivity contribution in [3.63, 3.8) is 0 Å². The molecule has 1 aliphatic rings. The minimum Gasteiger partial charge on any atom is -0.496 e. The second-order valence-electron chi connectivity index (χ2n) is 5.18. The summed E-state index contributed by atoms with van der Waals surface area (Å²) in [5.41, 5.74) is 0.574. The monoisotopic (exact) mass is 277 g/mol. The Kier molecular flexibility index (Phi) is 4.09. The predicted octanol–water partition coefficient (Wildman–Crippen LogP) is 1.99. The normalized spacial score (nSPS) is 16.3. The molecule has 0 aliphatic heterocycles. The first kappa shape index (κ1) is 14.5. The van der Waals surface area contributed by atoms with E-state index in [4.69, 9.17) is 4.74 Å². The predicted molar refractivity (Wildman–Crippen MR) is 74.1 cm³/mol. The molecule has 2 N–H and O–H groups in total. The van der Waals surface area contributed by atoms with Gasteiger partial charge in [0, 0.05) is 17.7 Å². The van der Waals surface area contributed by atoms with Gasteiger partial charge in [-0.15, -0.1) is 0 Å². The lowest BCUT2D eigenvalue weighted by molar-refractivity contribution is -0.148. The summed E-state index contributed by atoms with van der Waals surface area (Å²) in [5, 5.41) is 12.4. The lowest BCUT2D eigenvalue weighted by Crippen LogP contribution is -2.56. The summed E-state index contributed by atoms with van der Waals surface area (Å²) in [6.45, 7) is 1.88. The van der Waals surface area contributed by atoms with E-state index in [-0.39, 0.29) is 5.78 Å². The molecule has 0 atom stereocenters. The van der Waals surface area contributed by atoms with E-state index in [1.165, 1.54) is 6.92 Å². The molecule has 2 rings (SSSR count). The van der Waals surface area contributed by atoms with Crippen molar-refractivity contribution in [2.45, 2.75) is 38.3 Å². The Morgan fingerprint density at radius 2 is 2.10 bits per heavy atom. The molecule has 0 radical (unpaired) electrons. The Morgan fingerprint density at radius 3 is 2.55 bits per heavy atom. The zero-order valence-corrected chi connectivity index (χ0v) is 11.7. The maximum Gasteiger partial charge on any atom is 0.323 e. The number of nitrogens with one attached hydrogen (secondary N) is 1. The molecular formula is C15H19NO4. The summed E-state index contributed by atoms with van der Waals surface area (Å²) in [5.74, 6) is -0.182. The van der Waals surface area contributed by atoms with Gasteiger partial charge in [-0.3, -0.25) is 14.9 Å². The number of hydrogen-bond donors (Lipinski definition) is 2. The average Bonchev–Trinajstić information content (AvgIpc) is 2.36. The molecule has 108 valence electrons. The standard InChI is InChI=1S/C15H19NO4/c1-10(17)11-4-5-13(20-2)12(8-11)9-16-15(14(18)19)6-3-7-15/h4-5,8,16H,3,6-7,9H2,1-2H3,(H,18,19). The number of carbonyl (C=O) groups excluding carboxylic acids is 1. The summed E-state index contributed by atoms with van der Waals surface area (Å²) >= 11 is 0. The molecule has 0 bridgehead atoms. The Labute approximate surface area is 117 Å². The Hall–Kier alpha value is -1.88. The molecule has 0 heterocycles. The summed E-state index contributed by atoms with van der Waals surface area (Å²) in [6.07, 6.45) is 2.19. The van der Waals surface area contributed by atoms with Crippen LogP contribution in [0, 0.1) is 0 Å². The van der Waals surface area contributed by atoms with Gasteiger partial charge >= 0.3 is 5.97 Å². The number of rotatable bonds is 6. The van der Waals surface area contributed by atoms with Crippen LogP contribution in [-0.2, 0) is 11.3 Å². The first-order chi connectivity index (χ1) is 9.48. The number of carboxylic acids is 1. The van der Waals surface area contributed by atoms with E-state index in [0.717, 1.165) is 12.0 Å². The zero-order valence-electron chi connectivity index (χ0n) is 11.7. The Balaban J connectivity index is 2.17. The molecule has 5 nitrogen and oxygen atoms in total. The number of benzene rings is 1. The summed E-state index contributed by atoms with van der Waals surface area (Å²) in [6, 6.07) is 5.20. The van der Waals surface area contributed by atoms with Gasteiger partial charge in [0.05, 0.1) is 7.11 Å². The van der Waals surface area contributed by atoms with Crippen LogP contribution in [0.1, 0.15) is 42.1 Å². The fourth-order valence-electron chi connectivity index (χ4n) is 2.40. The molecule has 1 fully saturated rings. The number of carboxylic acid groups (broad SMARTS) is 1.